The smallest absolute Gasteiger partial charge is 0.234 e. The van der Waals surface area contributed by atoms with E-state index in [1.807, 2.05) is 48.5 Å². The normalized spacial score (nSPS) is 11.0. The van der Waals surface area contributed by atoms with Crippen LogP contribution in [0.4, 0.5) is 0 Å². The molecular weight excluding hydrogens is 372 g/mol. The zero-order valence-corrected chi connectivity index (χ0v) is 15.3. The van der Waals surface area contributed by atoms with Crippen molar-refractivity contribution in [2.45, 2.75) is 13.0 Å². The number of hydrogen-bond acceptors (Lipinski definition) is 6. The Morgan fingerprint density at radius 1 is 0.962 bits per heavy atom. The second-order valence-electron chi connectivity index (χ2n) is 5.44. The molecule has 0 fully saturated rings. The molecule has 132 valence electrons. The summed E-state index contributed by atoms with van der Waals surface area (Å²) in [5.41, 5.74) is 0. The maximum absolute atomic E-state index is 6.08. The standard InChI is InChI=1S/C18H15ClN4O2S/c19-14-8-4-5-9-15(14)24-11-10-17-22-23-16(20-21-18(23)26-17)12-25-13-6-2-1-3-7-13/h1-9H,10-12H2. The van der Waals surface area contributed by atoms with Crippen LogP contribution in [0, 0.1) is 0 Å². The highest BCUT2D eigenvalue weighted by molar-refractivity contribution is 7.16. The van der Waals surface area contributed by atoms with Crippen LogP contribution in [0.5, 0.6) is 11.5 Å². The fourth-order valence-electron chi connectivity index (χ4n) is 2.36. The summed E-state index contributed by atoms with van der Waals surface area (Å²) in [5.74, 6) is 2.13. The van der Waals surface area contributed by atoms with Crippen LogP contribution in [0.2, 0.25) is 5.02 Å². The molecule has 0 atom stereocenters. The summed E-state index contributed by atoms with van der Waals surface area (Å²) in [6, 6.07) is 17.0. The van der Waals surface area contributed by atoms with Crippen LogP contribution in [0.1, 0.15) is 10.8 Å². The van der Waals surface area contributed by atoms with Crippen LogP contribution in [-0.4, -0.2) is 26.4 Å². The minimum Gasteiger partial charge on any atom is -0.492 e. The predicted octanol–water partition coefficient (Wildman–Crippen LogP) is 4.04. The first-order valence-corrected chi connectivity index (χ1v) is 9.24. The van der Waals surface area contributed by atoms with E-state index >= 15 is 0 Å². The van der Waals surface area contributed by atoms with Gasteiger partial charge in [-0.1, -0.05) is 53.3 Å². The van der Waals surface area contributed by atoms with Crippen LogP contribution in [0.3, 0.4) is 0 Å². The van der Waals surface area contributed by atoms with Crippen LogP contribution >= 0.6 is 22.9 Å². The lowest BCUT2D eigenvalue weighted by molar-refractivity contribution is 0.292. The largest absolute Gasteiger partial charge is 0.492 e. The van der Waals surface area contributed by atoms with Crippen LogP contribution < -0.4 is 9.47 Å². The van der Waals surface area contributed by atoms with E-state index in [0.29, 0.717) is 36.2 Å². The maximum Gasteiger partial charge on any atom is 0.234 e. The third kappa shape index (κ3) is 3.79. The quantitative estimate of drug-likeness (QED) is 0.479. The molecular formula is C18H15ClN4O2S. The van der Waals surface area contributed by atoms with Crippen molar-refractivity contribution in [1.29, 1.82) is 0 Å². The summed E-state index contributed by atoms with van der Waals surface area (Å²) in [6.45, 7) is 0.800. The van der Waals surface area contributed by atoms with Crippen LogP contribution in [-0.2, 0) is 13.0 Å². The molecule has 2 aromatic carbocycles. The van der Waals surface area contributed by atoms with Gasteiger partial charge in [-0.3, -0.25) is 0 Å². The predicted molar refractivity (Wildman–Crippen MR) is 100 cm³/mol. The Hall–Kier alpha value is -2.64. The van der Waals surface area contributed by atoms with Gasteiger partial charge >= 0.3 is 0 Å². The lowest BCUT2D eigenvalue weighted by Crippen LogP contribution is -2.04. The minimum atomic E-state index is 0.310. The first-order valence-electron chi connectivity index (χ1n) is 8.05. The third-order valence-corrected chi connectivity index (χ3v) is 4.89. The molecule has 26 heavy (non-hydrogen) atoms. The number of halogens is 1. The van der Waals surface area contributed by atoms with Gasteiger partial charge in [0.25, 0.3) is 0 Å². The van der Waals surface area contributed by atoms with E-state index in [4.69, 9.17) is 21.1 Å². The number of nitrogens with zero attached hydrogens (tertiary/aromatic N) is 4. The molecule has 0 radical (unpaired) electrons. The Morgan fingerprint density at radius 2 is 1.77 bits per heavy atom. The molecule has 6 nitrogen and oxygen atoms in total. The zero-order chi connectivity index (χ0) is 17.8. The fourth-order valence-corrected chi connectivity index (χ4v) is 3.39. The molecule has 0 saturated carbocycles. The van der Waals surface area contributed by atoms with E-state index in [1.54, 1.807) is 10.6 Å². The van der Waals surface area contributed by atoms with E-state index in [2.05, 4.69) is 15.3 Å². The molecule has 2 heterocycles. The Kier molecular flexibility index (Phi) is 4.99. The second-order valence-corrected chi connectivity index (χ2v) is 6.88. The van der Waals surface area contributed by atoms with Crippen molar-refractivity contribution in [1.82, 2.24) is 19.8 Å². The second kappa shape index (κ2) is 7.72. The van der Waals surface area contributed by atoms with E-state index in [1.165, 1.54) is 11.3 Å². The van der Waals surface area contributed by atoms with E-state index in [-0.39, 0.29) is 0 Å². The third-order valence-electron chi connectivity index (χ3n) is 3.62. The van der Waals surface area contributed by atoms with Gasteiger partial charge in [0.15, 0.2) is 5.82 Å². The van der Waals surface area contributed by atoms with E-state index in [0.717, 1.165) is 15.7 Å². The number of para-hydroxylation sites is 2. The van der Waals surface area contributed by atoms with Gasteiger partial charge in [0, 0.05) is 6.42 Å². The maximum atomic E-state index is 6.08. The first kappa shape index (κ1) is 16.8. The van der Waals surface area contributed by atoms with Gasteiger partial charge < -0.3 is 9.47 Å². The molecule has 0 aliphatic carbocycles. The summed E-state index contributed by atoms with van der Waals surface area (Å²) in [5, 5.41) is 14.4. The summed E-state index contributed by atoms with van der Waals surface area (Å²) in [4.78, 5) is 0.740. The molecule has 4 rings (SSSR count). The fraction of sp³-hybridized carbons (Fsp3) is 0.167. The van der Waals surface area contributed by atoms with Crippen LogP contribution in [0.25, 0.3) is 4.96 Å². The Balaban J connectivity index is 1.38. The van der Waals surface area contributed by atoms with Crippen molar-refractivity contribution in [3.05, 3.63) is 70.5 Å². The number of ether oxygens (including phenoxy) is 2. The van der Waals surface area contributed by atoms with E-state index < -0.39 is 0 Å². The van der Waals surface area contributed by atoms with Gasteiger partial charge in [-0.25, -0.2) is 0 Å². The monoisotopic (exact) mass is 386 g/mol. The molecule has 0 bridgehead atoms. The Bertz CT molecular complexity index is 1000. The van der Waals surface area contributed by atoms with Gasteiger partial charge in [-0.2, -0.15) is 9.61 Å². The average Bonchev–Trinajstić information content (AvgIpc) is 3.23. The van der Waals surface area contributed by atoms with Crippen molar-refractivity contribution in [3.8, 4) is 11.5 Å². The summed E-state index contributed by atoms with van der Waals surface area (Å²) < 4.78 is 13.2. The Labute approximate surface area is 159 Å². The van der Waals surface area contributed by atoms with E-state index in [9.17, 15) is 0 Å². The van der Waals surface area contributed by atoms with Crippen molar-refractivity contribution in [2.75, 3.05) is 6.61 Å². The number of fused-ring (bicyclic) bond motifs is 1. The summed E-state index contributed by atoms with van der Waals surface area (Å²) in [6.07, 6.45) is 0.665. The minimum absolute atomic E-state index is 0.310. The molecule has 0 unspecified atom stereocenters. The molecule has 0 aliphatic heterocycles. The highest BCUT2D eigenvalue weighted by Gasteiger charge is 2.12. The zero-order valence-electron chi connectivity index (χ0n) is 13.7. The Morgan fingerprint density at radius 3 is 2.62 bits per heavy atom. The van der Waals surface area contributed by atoms with Gasteiger partial charge in [-0.15, -0.1) is 10.2 Å². The lowest BCUT2D eigenvalue weighted by atomic mass is 10.3. The molecule has 8 heteroatoms. The molecule has 0 aliphatic rings. The number of hydrogen-bond donors (Lipinski definition) is 0. The average molecular weight is 387 g/mol. The number of benzene rings is 2. The number of rotatable bonds is 7. The molecule has 2 aromatic heterocycles. The summed E-state index contributed by atoms with van der Waals surface area (Å²) in [7, 11) is 0. The first-order chi connectivity index (χ1) is 12.8. The lowest BCUT2D eigenvalue weighted by Gasteiger charge is -2.06. The molecule has 4 aromatic rings. The SMILES string of the molecule is Clc1ccccc1OCCc1nn2c(COc3ccccc3)nnc2s1. The highest BCUT2D eigenvalue weighted by atomic mass is 35.5. The topological polar surface area (TPSA) is 61.5 Å². The van der Waals surface area contributed by atoms with Crippen molar-refractivity contribution in [2.24, 2.45) is 0 Å². The van der Waals surface area contributed by atoms with Crippen molar-refractivity contribution < 1.29 is 9.47 Å². The molecule has 0 spiro atoms. The van der Waals surface area contributed by atoms with Gasteiger partial charge in [0.1, 0.15) is 23.1 Å². The van der Waals surface area contributed by atoms with Crippen molar-refractivity contribution >= 4 is 27.9 Å². The molecule has 0 saturated heterocycles. The van der Waals surface area contributed by atoms with Gasteiger partial charge in [0.05, 0.1) is 11.6 Å². The number of aromatic nitrogens is 4. The highest BCUT2D eigenvalue weighted by Crippen LogP contribution is 2.23. The molecule has 0 N–H and O–H groups in total. The molecule has 0 amide bonds. The van der Waals surface area contributed by atoms with Gasteiger partial charge in [-0.05, 0) is 24.3 Å². The van der Waals surface area contributed by atoms with Gasteiger partial charge in [0.2, 0.25) is 4.96 Å². The van der Waals surface area contributed by atoms with Crippen LogP contribution in [0.15, 0.2) is 54.6 Å². The van der Waals surface area contributed by atoms with Crippen molar-refractivity contribution in [3.63, 3.8) is 0 Å². The summed E-state index contributed by atoms with van der Waals surface area (Å²) >= 11 is 7.57.